The van der Waals surface area contributed by atoms with Gasteiger partial charge in [0.05, 0.1) is 11.7 Å². The predicted octanol–water partition coefficient (Wildman–Crippen LogP) is 2.35. The van der Waals surface area contributed by atoms with E-state index in [4.69, 9.17) is 10.2 Å². The van der Waals surface area contributed by atoms with Crippen LogP contribution in [0.25, 0.3) is 10.9 Å². The van der Waals surface area contributed by atoms with Crippen molar-refractivity contribution in [1.82, 2.24) is 15.0 Å². The highest BCUT2D eigenvalue weighted by atomic mass is 32.2. The summed E-state index contributed by atoms with van der Waals surface area (Å²) in [5, 5.41) is 2.30. The lowest BCUT2D eigenvalue weighted by Crippen LogP contribution is -1.89. The molecule has 0 atom stereocenters. The van der Waals surface area contributed by atoms with Gasteiger partial charge in [-0.1, -0.05) is 0 Å². The molecule has 17 heavy (non-hydrogen) atoms. The average Bonchev–Trinajstić information content (AvgIpc) is 2.82. The Labute approximate surface area is 101 Å². The molecular formula is C11H8N4OS. The zero-order chi connectivity index (χ0) is 11.7. The molecule has 1 aromatic carbocycles. The third-order valence-electron chi connectivity index (χ3n) is 2.22. The lowest BCUT2D eigenvalue weighted by atomic mass is 10.2. The van der Waals surface area contributed by atoms with Gasteiger partial charge in [0.2, 0.25) is 0 Å². The fraction of sp³-hybridized carbons (Fsp3) is 0. The van der Waals surface area contributed by atoms with Gasteiger partial charge in [0.15, 0.2) is 0 Å². The molecule has 5 nitrogen and oxygen atoms in total. The molecule has 0 radical (unpaired) electrons. The molecule has 0 unspecified atom stereocenters. The molecule has 2 aromatic heterocycles. The summed E-state index contributed by atoms with van der Waals surface area (Å²) in [7, 11) is 0. The largest absolute Gasteiger partial charge is 0.440 e. The van der Waals surface area contributed by atoms with Gasteiger partial charge in [0, 0.05) is 11.1 Å². The van der Waals surface area contributed by atoms with Crippen LogP contribution in [0, 0.1) is 0 Å². The fourth-order valence-corrected chi connectivity index (χ4v) is 2.24. The quantitative estimate of drug-likeness (QED) is 0.550. The SMILES string of the molecule is Nc1ccc2c(Sc3ncco3)ncnc2c1. The van der Waals surface area contributed by atoms with Crippen molar-refractivity contribution in [3.05, 3.63) is 37.0 Å². The number of hydrogen-bond donors (Lipinski definition) is 1. The van der Waals surface area contributed by atoms with E-state index in [1.54, 1.807) is 6.20 Å². The number of aromatic nitrogens is 3. The Morgan fingerprint density at radius 2 is 2.12 bits per heavy atom. The van der Waals surface area contributed by atoms with Crippen LogP contribution < -0.4 is 5.73 Å². The van der Waals surface area contributed by atoms with Crippen molar-refractivity contribution in [3.8, 4) is 0 Å². The number of hydrogen-bond acceptors (Lipinski definition) is 6. The van der Waals surface area contributed by atoms with Crippen LogP contribution in [0.5, 0.6) is 0 Å². The van der Waals surface area contributed by atoms with Crippen LogP contribution in [-0.2, 0) is 0 Å². The number of nitrogens with zero attached hydrogens (tertiary/aromatic N) is 3. The molecule has 2 heterocycles. The first-order valence-corrected chi connectivity index (χ1v) is 5.72. The van der Waals surface area contributed by atoms with Crippen LogP contribution in [0.4, 0.5) is 5.69 Å². The summed E-state index contributed by atoms with van der Waals surface area (Å²) in [4.78, 5) is 12.4. The van der Waals surface area contributed by atoms with Crippen molar-refractivity contribution in [2.45, 2.75) is 10.2 Å². The third-order valence-corrected chi connectivity index (χ3v) is 3.11. The minimum absolute atomic E-state index is 0.557. The van der Waals surface area contributed by atoms with Gasteiger partial charge in [-0.05, 0) is 30.0 Å². The van der Waals surface area contributed by atoms with Gasteiger partial charge >= 0.3 is 0 Å². The van der Waals surface area contributed by atoms with Crippen molar-refractivity contribution in [1.29, 1.82) is 0 Å². The van der Waals surface area contributed by atoms with Crippen molar-refractivity contribution >= 4 is 28.4 Å². The number of oxazole rings is 1. The number of fused-ring (bicyclic) bond motifs is 1. The van der Waals surface area contributed by atoms with E-state index >= 15 is 0 Å². The number of anilines is 1. The van der Waals surface area contributed by atoms with Gasteiger partial charge in [0.25, 0.3) is 5.22 Å². The Morgan fingerprint density at radius 3 is 2.94 bits per heavy atom. The van der Waals surface area contributed by atoms with Gasteiger partial charge in [-0.2, -0.15) is 0 Å². The summed E-state index contributed by atoms with van der Waals surface area (Å²) in [5.74, 6) is 0. The minimum Gasteiger partial charge on any atom is -0.440 e. The van der Waals surface area contributed by atoms with E-state index in [9.17, 15) is 0 Å². The smallest absolute Gasteiger partial charge is 0.261 e. The van der Waals surface area contributed by atoms with E-state index in [1.165, 1.54) is 24.4 Å². The highest BCUT2D eigenvalue weighted by molar-refractivity contribution is 7.99. The van der Waals surface area contributed by atoms with E-state index in [2.05, 4.69) is 15.0 Å². The molecule has 84 valence electrons. The molecule has 6 heteroatoms. The maximum absolute atomic E-state index is 5.71. The molecule has 0 aliphatic carbocycles. The molecule has 3 aromatic rings. The summed E-state index contributed by atoms with van der Waals surface area (Å²) in [6.45, 7) is 0. The molecule has 0 aliphatic heterocycles. The minimum atomic E-state index is 0.557. The number of nitrogen functional groups attached to an aromatic ring is 1. The molecule has 0 amide bonds. The maximum atomic E-state index is 5.71. The number of benzene rings is 1. The van der Waals surface area contributed by atoms with Crippen LogP contribution in [0.15, 0.2) is 51.7 Å². The van der Waals surface area contributed by atoms with Crippen LogP contribution >= 0.6 is 11.8 Å². The highest BCUT2D eigenvalue weighted by Gasteiger charge is 2.08. The first-order chi connectivity index (χ1) is 8.33. The predicted molar refractivity (Wildman–Crippen MR) is 64.6 cm³/mol. The van der Waals surface area contributed by atoms with Gasteiger partial charge in [-0.15, -0.1) is 0 Å². The van der Waals surface area contributed by atoms with Crippen LogP contribution in [0.2, 0.25) is 0 Å². The van der Waals surface area contributed by atoms with Crippen LogP contribution in [0.3, 0.4) is 0 Å². The zero-order valence-electron chi connectivity index (χ0n) is 8.70. The lowest BCUT2D eigenvalue weighted by molar-refractivity contribution is 0.454. The van der Waals surface area contributed by atoms with Crippen molar-refractivity contribution < 1.29 is 4.42 Å². The molecule has 0 bridgehead atoms. The standard InChI is InChI=1S/C11H8N4OS/c12-7-1-2-8-9(5-7)14-6-15-10(8)17-11-13-3-4-16-11/h1-6H,12H2. The fourth-order valence-electron chi connectivity index (χ4n) is 1.47. The van der Waals surface area contributed by atoms with Crippen LogP contribution in [-0.4, -0.2) is 15.0 Å². The first-order valence-electron chi connectivity index (χ1n) is 4.90. The molecule has 0 aliphatic rings. The van der Waals surface area contributed by atoms with Crippen molar-refractivity contribution in [3.63, 3.8) is 0 Å². The van der Waals surface area contributed by atoms with Crippen molar-refractivity contribution in [2.24, 2.45) is 0 Å². The summed E-state index contributed by atoms with van der Waals surface area (Å²) in [6, 6.07) is 5.54. The van der Waals surface area contributed by atoms with Gasteiger partial charge < -0.3 is 10.2 Å². The monoisotopic (exact) mass is 244 g/mol. The Hall–Kier alpha value is -2.08. The molecule has 3 rings (SSSR count). The second-order valence-corrected chi connectivity index (χ2v) is 4.30. The Morgan fingerprint density at radius 1 is 1.18 bits per heavy atom. The summed E-state index contributed by atoms with van der Waals surface area (Å²) >= 11 is 1.36. The number of nitrogens with two attached hydrogens (primary N) is 1. The Bertz CT molecular complexity index is 654. The van der Waals surface area contributed by atoms with E-state index in [0.29, 0.717) is 10.9 Å². The second-order valence-electron chi connectivity index (χ2n) is 3.36. The Balaban J connectivity index is 2.10. The summed E-state index contributed by atoms with van der Waals surface area (Å²) in [6.07, 6.45) is 4.64. The zero-order valence-corrected chi connectivity index (χ0v) is 9.52. The van der Waals surface area contributed by atoms with Gasteiger partial charge in [-0.25, -0.2) is 15.0 Å². The van der Waals surface area contributed by atoms with E-state index in [1.807, 2.05) is 18.2 Å². The first kappa shape index (κ1) is 10.1. The molecule has 0 saturated carbocycles. The molecule has 0 saturated heterocycles. The summed E-state index contributed by atoms with van der Waals surface area (Å²) < 4.78 is 5.18. The molecule has 0 spiro atoms. The topological polar surface area (TPSA) is 77.8 Å². The second kappa shape index (κ2) is 4.06. The summed E-state index contributed by atoms with van der Waals surface area (Å²) in [5.41, 5.74) is 7.21. The highest BCUT2D eigenvalue weighted by Crippen LogP contribution is 2.30. The maximum Gasteiger partial charge on any atom is 0.261 e. The molecular weight excluding hydrogens is 236 g/mol. The van der Waals surface area contributed by atoms with E-state index in [-0.39, 0.29) is 0 Å². The van der Waals surface area contributed by atoms with E-state index in [0.717, 1.165) is 15.9 Å². The average molecular weight is 244 g/mol. The lowest BCUT2D eigenvalue weighted by Gasteiger charge is -2.02. The third kappa shape index (κ3) is 1.94. The van der Waals surface area contributed by atoms with Crippen LogP contribution in [0.1, 0.15) is 0 Å². The normalized spacial score (nSPS) is 10.8. The van der Waals surface area contributed by atoms with Gasteiger partial charge in [-0.3, -0.25) is 0 Å². The van der Waals surface area contributed by atoms with Gasteiger partial charge in [0.1, 0.15) is 17.6 Å². The van der Waals surface area contributed by atoms with Crippen molar-refractivity contribution in [2.75, 3.05) is 5.73 Å². The molecule has 0 fully saturated rings. The molecule has 2 N–H and O–H groups in total. The Kier molecular flexibility index (Phi) is 2.41. The van der Waals surface area contributed by atoms with E-state index < -0.39 is 0 Å². The number of rotatable bonds is 2.